The summed E-state index contributed by atoms with van der Waals surface area (Å²) >= 11 is 0. The minimum atomic E-state index is -1.58. The van der Waals surface area contributed by atoms with E-state index in [1.165, 1.54) is 0 Å². The summed E-state index contributed by atoms with van der Waals surface area (Å²) in [6.07, 6.45) is 2.95. The van der Waals surface area contributed by atoms with Crippen molar-refractivity contribution in [3.63, 3.8) is 0 Å². The zero-order valence-corrected chi connectivity index (χ0v) is 12.1. The van der Waals surface area contributed by atoms with E-state index in [0.29, 0.717) is 0 Å². The number of rotatable bonds is 5. The van der Waals surface area contributed by atoms with Crippen molar-refractivity contribution in [3.05, 3.63) is 11.6 Å². The van der Waals surface area contributed by atoms with Crippen molar-refractivity contribution in [2.45, 2.75) is 52.2 Å². The van der Waals surface area contributed by atoms with Crippen molar-refractivity contribution in [2.75, 3.05) is 13.2 Å². The number of aliphatic hydroxyl groups excluding tert-OH is 1. The SMILES string of the molecule is C/C(=C\CCO[Si](C)(C)C(C)(C)C)CO. The van der Waals surface area contributed by atoms with E-state index in [0.717, 1.165) is 18.6 Å². The van der Waals surface area contributed by atoms with Crippen LogP contribution in [0.1, 0.15) is 34.1 Å². The number of aliphatic hydroxyl groups is 1. The smallest absolute Gasteiger partial charge is 0.191 e. The fourth-order valence-corrected chi connectivity index (χ4v) is 1.96. The van der Waals surface area contributed by atoms with E-state index < -0.39 is 8.32 Å². The van der Waals surface area contributed by atoms with Gasteiger partial charge in [-0.1, -0.05) is 32.4 Å². The van der Waals surface area contributed by atoms with Gasteiger partial charge < -0.3 is 9.53 Å². The molecule has 0 amide bonds. The van der Waals surface area contributed by atoms with Crippen LogP contribution in [-0.2, 0) is 4.43 Å². The molecule has 0 unspecified atom stereocenters. The Morgan fingerprint density at radius 3 is 2.27 bits per heavy atom. The fourth-order valence-electron chi connectivity index (χ4n) is 0.900. The van der Waals surface area contributed by atoms with Gasteiger partial charge in [0.05, 0.1) is 6.61 Å². The molecular formula is C12H26O2Si. The Morgan fingerprint density at radius 1 is 1.33 bits per heavy atom. The predicted octanol–water partition coefficient (Wildman–Crippen LogP) is 3.34. The second-order valence-corrected chi connectivity index (χ2v) is 10.4. The fraction of sp³-hybridized carbons (Fsp3) is 0.833. The Bertz CT molecular complexity index is 214. The molecule has 0 aromatic rings. The van der Waals surface area contributed by atoms with Crippen LogP contribution >= 0.6 is 0 Å². The van der Waals surface area contributed by atoms with Crippen molar-refractivity contribution >= 4 is 8.32 Å². The Kier molecular flexibility index (Phi) is 5.78. The van der Waals surface area contributed by atoms with E-state index >= 15 is 0 Å². The summed E-state index contributed by atoms with van der Waals surface area (Å²) in [5.74, 6) is 0. The van der Waals surface area contributed by atoms with Gasteiger partial charge in [-0.25, -0.2) is 0 Å². The van der Waals surface area contributed by atoms with Crippen LogP contribution in [-0.4, -0.2) is 26.6 Å². The molecular weight excluding hydrogens is 204 g/mol. The lowest BCUT2D eigenvalue weighted by molar-refractivity contribution is 0.293. The molecule has 0 fully saturated rings. The molecule has 2 nitrogen and oxygen atoms in total. The molecule has 0 radical (unpaired) electrons. The van der Waals surface area contributed by atoms with Crippen LogP contribution in [0.2, 0.25) is 18.1 Å². The lowest BCUT2D eigenvalue weighted by atomic mass is 10.2. The highest BCUT2D eigenvalue weighted by Crippen LogP contribution is 2.36. The minimum absolute atomic E-state index is 0.153. The molecule has 15 heavy (non-hydrogen) atoms. The van der Waals surface area contributed by atoms with Gasteiger partial charge in [0.15, 0.2) is 8.32 Å². The predicted molar refractivity (Wildman–Crippen MR) is 68.6 cm³/mol. The molecule has 3 heteroatoms. The summed E-state index contributed by atoms with van der Waals surface area (Å²) < 4.78 is 6.00. The van der Waals surface area contributed by atoms with Crippen LogP contribution in [0.5, 0.6) is 0 Å². The summed E-state index contributed by atoms with van der Waals surface area (Å²) in [6, 6.07) is 0. The van der Waals surface area contributed by atoms with Crippen molar-refractivity contribution < 1.29 is 9.53 Å². The first-order valence-corrected chi connectivity index (χ1v) is 8.52. The van der Waals surface area contributed by atoms with Gasteiger partial charge in [0, 0.05) is 6.61 Å². The topological polar surface area (TPSA) is 29.5 Å². The van der Waals surface area contributed by atoms with Gasteiger partial charge >= 0.3 is 0 Å². The van der Waals surface area contributed by atoms with Gasteiger partial charge in [-0.15, -0.1) is 0 Å². The maximum absolute atomic E-state index is 8.82. The van der Waals surface area contributed by atoms with E-state index in [-0.39, 0.29) is 11.6 Å². The van der Waals surface area contributed by atoms with Gasteiger partial charge in [0.2, 0.25) is 0 Å². The average Bonchev–Trinajstić information content (AvgIpc) is 2.10. The highest BCUT2D eigenvalue weighted by Gasteiger charge is 2.36. The number of hydrogen-bond acceptors (Lipinski definition) is 2. The molecule has 0 bridgehead atoms. The van der Waals surface area contributed by atoms with Gasteiger partial charge in [-0.2, -0.15) is 0 Å². The van der Waals surface area contributed by atoms with Crippen LogP contribution < -0.4 is 0 Å². The summed E-state index contributed by atoms with van der Waals surface area (Å²) in [7, 11) is -1.58. The van der Waals surface area contributed by atoms with Crippen LogP contribution in [0, 0.1) is 0 Å². The first-order valence-electron chi connectivity index (χ1n) is 5.61. The Balaban J connectivity index is 3.97. The van der Waals surface area contributed by atoms with Crippen LogP contribution in [0.4, 0.5) is 0 Å². The summed E-state index contributed by atoms with van der Waals surface area (Å²) in [6.45, 7) is 14.1. The largest absolute Gasteiger partial charge is 0.417 e. The molecule has 0 atom stereocenters. The molecule has 90 valence electrons. The lowest BCUT2D eigenvalue weighted by Gasteiger charge is -2.36. The first kappa shape index (κ1) is 14.9. The van der Waals surface area contributed by atoms with Crippen LogP contribution in [0.25, 0.3) is 0 Å². The highest BCUT2D eigenvalue weighted by molar-refractivity contribution is 6.74. The number of hydrogen-bond donors (Lipinski definition) is 1. The molecule has 0 aromatic heterocycles. The minimum Gasteiger partial charge on any atom is -0.417 e. The third kappa shape index (κ3) is 5.49. The van der Waals surface area contributed by atoms with E-state index in [1.54, 1.807) is 0 Å². The lowest BCUT2D eigenvalue weighted by Crippen LogP contribution is -2.40. The maximum Gasteiger partial charge on any atom is 0.191 e. The Labute approximate surface area is 95.5 Å². The van der Waals surface area contributed by atoms with E-state index in [4.69, 9.17) is 9.53 Å². The quantitative estimate of drug-likeness (QED) is 0.446. The molecule has 0 aliphatic heterocycles. The molecule has 0 aliphatic carbocycles. The van der Waals surface area contributed by atoms with Crippen LogP contribution in [0.3, 0.4) is 0 Å². The molecule has 0 rings (SSSR count). The molecule has 0 saturated carbocycles. The van der Waals surface area contributed by atoms with Gasteiger partial charge in [-0.3, -0.25) is 0 Å². The molecule has 0 spiro atoms. The average molecular weight is 230 g/mol. The molecule has 0 heterocycles. The molecule has 1 N–H and O–H groups in total. The molecule has 0 aromatic carbocycles. The zero-order chi connectivity index (χ0) is 12.1. The summed E-state index contributed by atoms with van der Waals surface area (Å²) in [5, 5.41) is 9.10. The molecule has 0 aliphatic rings. The van der Waals surface area contributed by atoms with Crippen molar-refractivity contribution in [1.82, 2.24) is 0 Å². The Hall–Kier alpha value is -0.123. The first-order chi connectivity index (χ1) is 6.70. The molecule has 0 saturated heterocycles. The highest BCUT2D eigenvalue weighted by atomic mass is 28.4. The normalized spacial score (nSPS) is 14.5. The van der Waals surface area contributed by atoms with Crippen molar-refractivity contribution in [2.24, 2.45) is 0 Å². The van der Waals surface area contributed by atoms with Crippen LogP contribution in [0.15, 0.2) is 11.6 Å². The van der Waals surface area contributed by atoms with E-state index in [1.807, 2.05) is 13.0 Å². The van der Waals surface area contributed by atoms with Crippen molar-refractivity contribution in [1.29, 1.82) is 0 Å². The zero-order valence-electron chi connectivity index (χ0n) is 11.1. The standard InChI is InChI=1S/C12H26O2Si/c1-11(10-13)8-7-9-14-15(5,6)12(2,3)4/h8,13H,7,9-10H2,1-6H3/b11-8+. The van der Waals surface area contributed by atoms with E-state index in [9.17, 15) is 0 Å². The third-order valence-corrected chi connectivity index (χ3v) is 7.67. The monoisotopic (exact) mass is 230 g/mol. The van der Waals surface area contributed by atoms with Crippen molar-refractivity contribution in [3.8, 4) is 0 Å². The second-order valence-electron chi connectivity index (χ2n) is 5.61. The second kappa shape index (κ2) is 5.82. The summed E-state index contributed by atoms with van der Waals surface area (Å²) in [4.78, 5) is 0. The van der Waals surface area contributed by atoms with Gasteiger partial charge in [0.1, 0.15) is 0 Å². The van der Waals surface area contributed by atoms with E-state index in [2.05, 4.69) is 33.9 Å². The third-order valence-electron chi connectivity index (χ3n) is 3.13. The Morgan fingerprint density at radius 2 is 1.87 bits per heavy atom. The maximum atomic E-state index is 8.82. The summed E-state index contributed by atoms with van der Waals surface area (Å²) in [5.41, 5.74) is 1.02. The van der Waals surface area contributed by atoms with Gasteiger partial charge in [0.25, 0.3) is 0 Å². The van der Waals surface area contributed by atoms with Gasteiger partial charge in [-0.05, 0) is 31.5 Å².